The van der Waals surface area contributed by atoms with Gasteiger partial charge in [-0.3, -0.25) is 0 Å². The number of nitrogens with two attached hydrogens (primary N) is 1. The van der Waals surface area contributed by atoms with Crippen molar-refractivity contribution in [1.82, 2.24) is 5.32 Å². The third kappa shape index (κ3) is 3.35. The van der Waals surface area contributed by atoms with E-state index in [2.05, 4.69) is 5.32 Å². The maximum absolute atomic E-state index is 13.3. The van der Waals surface area contributed by atoms with Crippen LogP contribution in [0.3, 0.4) is 0 Å². The van der Waals surface area contributed by atoms with E-state index in [1.54, 1.807) is 0 Å². The molecule has 1 aliphatic rings. The van der Waals surface area contributed by atoms with Crippen LogP contribution in [0.25, 0.3) is 0 Å². The third-order valence-electron chi connectivity index (χ3n) is 3.48. The lowest BCUT2D eigenvalue weighted by atomic mass is 9.99. The van der Waals surface area contributed by atoms with E-state index in [1.807, 2.05) is 13.8 Å². The molecular formula is C13H19ClF2N2O. The van der Waals surface area contributed by atoms with Crippen molar-refractivity contribution < 1.29 is 13.9 Å². The first kappa shape index (κ1) is 16.1. The van der Waals surface area contributed by atoms with Gasteiger partial charge in [-0.05, 0) is 44.4 Å². The summed E-state index contributed by atoms with van der Waals surface area (Å²) in [7, 11) is 0. The number of halogens is 3. The van der Waals surface area contributed by atoms with E-state index >= 15 is 0 Å². The smallest absolute Gasteiger partial charge is 0.149 e. The van der Waals surface area contributed by atoms with Crippen molar-refractivity contribution in [2.75, 3.05) is 5.73 Å². The van der Waals surface area contributed by atoms with Gasteiger partial charge in [-0.1, -0.05) is 0 Å². The number of nitrogens with one attached hydrogen (secondary N) is 1. The summed E-state index contributed by atoms with van der Waals surface area (Å²) in [6.07, 6.45) is 0.743. The first-order chi connectivity index (χ1) is 8.30. The molecule has 0 amide bonds. The molecule has 108 valence electrons. The van der Waals surface area contributed by atoms with Crippen LogP contribution >= 0.6 is 12.4 Å². The molecule has 0 saturated carbocycles. The summed E-state index contributed by atoms with van der Waals surface area (Å²) in [5.41, 5.74) is 4.85. The van der Waals surface area contributed by atoms with E-state index < -0.39 is 23.4 Å². The number of anilines is 1. The Hall–Kier alpha value is -0.910. The summed E-state index contributed by atoms with van der Waals surface area (Å²) in [5.74, 6) is -1.66. The van der Waals surface area contributed by atoms with Gasteiger partial charge in [0.25, 0.3) is 0 Å². The number of rotatable bonds is 2. The lowest BCUT2D eigenvalue weighted by Crippen LogP contribution is -2.40. The van der Waals surface area contributed by atoms with Crippen molar-refractivity contribution in [3.63, 3.8) is 0 Å². The van der Waals surface area contributed by atoms with Crippen molar-refractivity contribution in [3.05, 3.63) is 29.3 Å². The zero-order chi connectivity index (χ0) is 13.5. The Labute approximate surface area is 117 Å². The molecule has 6 heteroatoms. The monoisotopic (exact) mass is 292 g/mol. The summed E-state index contributed by atoms with van der Waals surface area (Å²) in [6.45, 7) is 4.06. The Kier molecular flexibility index (Phi) is 4.76. The van der Waals surface area contributed by atoms with E-state index in [9.17, 15) is 13.9 Å². The number of benzene rings is 1. The summed E-state index contributed by atoms with van der Waals surface area (Å²) >= 11 is 0. The number of hydrogen-bond donors (Lipinski definition) is 3. The normalized spacial score (nSPS) is 22.9. The van der Waals surface area contributed by atoms with E-state index in [4.69, 9.17) is 5.73 Å². The minimum atomic E-state index is -0.934. The number of aliphatic hydroxyl groups excluding tert-OH is 1. The highest BCUT2D eigenvalue weighted by Crippen LogP contribution is 2.31. The molecule has 1 unspecified atom stereocenters. The Morgan fingerprint density at radius 1 is 1.37 bits per heavy atom. The molecule has 0 bridgehead atoms. The molecular weight excluding hydrogens is 274 g/mol. The molecule has 1 saturated heterocycles. The highest BCUT2D eigenvalue weighted by atomic mass is 35.5. The van der Waals surface area contributed by atoms with Gasteiger partial charge in [0.2, 0.25) is 0 Å². The average Bonchev–Trinajstić information content (AvgIpc) is 2.65. The lowest BCUT2D eigenvalue weighted by molar-refractivity contribution is 0.131. The fourth-order valence-electron chi connectivity index (χ4n) is 2.41. The molecule has 3 nitrogen and oxygen atoms in total. The molecule has 1 aliphatic heterocycles. The summed E-state index contributed by atoms with van der Waals surface area (Å²) in [5, 5.41) is 13.4. The molecule has 0 spiro atoms. The van der Waals surface area contributed by atoms with Crippen molar-refractivity contribution >= 4 is 18.1 Å². The maximum Gasteiger partial charge on any atom is 0.149 e. The van der Waals surface area contributed by atoms with Crippen LogP contribution < -0.4 is 11.1 Å². The highest BCUT2D eigenvalue weighted by molar-refractivity contribution is 5.85. The average molecular weight is 293 g/mol. The second kappa shape index (κ2) is 5.61. The summed E-state index contributed by atoms with van der Waals surface area (Å²) in [4.78, 5) is 0. The van der Waals surface area contributed by atoms with E-state index in [1.165, 1.54) is 0 Å². The Morgan fingerprint density at radius 3 is 2.32 bits per heavy atom. The molecule has 1 heterocycles. The fraction of sp³-hybridized carbons (Fsp3) is 0.538. The van der Waals surface area contributed by atoms with E-state index in [0.29, 0.717) is 0 Å². The van der Waals surface area contributed by atoms with Gasteiger partial charge in [0.15, 0.2) is 0 Å². The topological polar surface area (TPSA) is 58.3 Å². The number of nitrogen functional groups attached to an aromatic ring is 1. The molecule has 1 aromatic rings. The maximum atomic E-state index is 13.3. The molecule has 0 aliphatic carbocycles. The van der Waals surface area contributed by atoms with Gasteiger partial charge in [-0.25, -0.2) is 8.78 Å². The lowest BCUT2D eigenvalue weighted by Gasteiger charge is -2.24. The van der Waals surface area contributed by atoms with Crippen LogP contribution in [0.5, 0.6) is 0 Å². The highest BCUT2D eigenvalue weighted by Gasteiger charge is 2.34. The predicted molar refractivity (Wildman–Crippen MR) is 73.2 cm³/mol. The molecule has 0 radical (unpaired) electrons. The number of aliphatic hydroxyl groups is 1. The van der Waals surface area contributed by atoms with Gasteiger partial charge in [0, 0.05) is 11.6 Å². The standard InChI is InChI=1S/C13H18F2N2O.ClH/c1-13(2)4-3-10(17-13)12(18)7-5-8(14)11(16)9(15)6-7;/h5-6,10,12,17-18H,3-4,16H2,1-2H3;1H/t10-,12?;/m1./s1. The molecule has 4 N–H and O–H groups in total. The minimum absolute atomic E-state index is 0. The van der Waals surface area contributed by atoms with Crippen molar-refractivity contribution in [3.8, 4) is 0 Å². The van der Waals surface area contributed by atoms with Crippen LogP contribution in [0, 0.1) is 11.6 Å². The fourth-order valence-corrected chi connectivity index (χ4v) is 2.41. The molecule has 1 fully saturated rings. The zero-order valence-corrected chi connectivity index (χ0v) is 11.7. The van der Waals surface area contributed by atoms with Gasteiger partial charge in [0.05, 0.1) is 6.10 Å². The van der Waals surface area contributed by atoms with Crippen LogP contribution in [0.2, 0.25) is 0 Å². The van der Waals surface area contributed by atoms with Gasteiger partial charge in [-0.2, -0.15) is 0 Å². The predicted octanol–water partition coefficient (Wildman–Crippen LogP) is 2.53. The van der Waals surface area contributed by atoms with Crippen LogP contribution in [0.1, 0.15) is 38.4 Å². The molecule has 0 aromatic heterocycles. The molecule has 1 aromatic carbocycles. The second-order valence-electron chi connectivity index (χ2n) is 5.52. The molecule has 2 rings (SSSR count). The third-order valence-corrected chi connectivity index (χ3v) is 3.48. The van der Waals surface area contributed by atoms with Crippen LogP contribution in [-0.2, 0) is 0 Å². The van der Waals surface area contributed by atoms with Crippen molar-refractivity contribution in [1.29, 1.82) is 0 Å². The van der Waals surface area contributed by atoms with Crippen LogP contribution in [0.15, 0.2) is 12.1 Å². The zero-order valence-electron chi connectivity index (χ0n) is 10.9. The second-order valence-corrected chi connectivity index (χ2v) is 5.52. The molecule has 2 atom stereocenters. The van der Waals surface area contributed by atoms with Gasteiger partial charge < -0.3 is 16.2 Å². The summed E-state index contributed by atoms with van der Waals surface area (Å²) < 4.78 is 26.7. The number of hydrogen-bond acceptors (Lipinski definition) is 3. The van der Waals surface area contributed by atoms with Gasteiger partial charge in [-0.15, -0.1) is 12.4 Å². The first-order valence-electron chi connectivity index (χ1n) is 6.00. The quantitative estimate of drug-likeness (QED) is 0.734. The molecule has 19 heavy (non-hydrogen) atoms. The van der Waals surface area contributed by atoms with Crippen LogP contribution in [-0.4, -0.2) is 16.7 Å². The van der Waals surface area contributed by atoms with E-state index in [0.717, 1.165) is 25.0 Å². The van der Waals surface area contributed by atoms with Gasteiger partial charge >= 0.3 is 0 Å². The van der Waals surface area contributed by atoms with Gasteiger partial charge in [0.1, 0.15) is 17.3 Å². The Balaban J connectivity index is 0.00000180. The largest absolute Gasteiger partial charge is 0.394 e. The minimum Gasteiger partial charge on any atom is -0.394 e. The Bertz CT molecular complexity index is 445. The summed E-state index contributed by atoms with van der Waals surface area (Å²) in [6, 6.07) is 1.99. The van der Waals surface area contributed by atoms with E-state index in [-0.39, 0.29) is 29.6 Å². The van der Waals surface area contributed by atoms with Crippen LogP contribution in [0.4, 0.5) is 14.5 Å². The Morgan fingerprint density at radius 2 is 1.89 bits per heavy atom. The first-order valence-corrected chi connectivity index (χ1v) is 6.00. The van der Waals surface area contributed by atoms with Crippen molar-refractivity contribution in [2.45, 2.75) is 44.4 Å². The SMILES string of the molecule is CC1(C)CC[C@H](C(O)c2cc(F)c(N)c(F)c2)N1.Cl. The van der Waals surface area contributed by atoms with Crippen molar-refractivity contribution in [2.24, 2.45) is 0 Å².